The lowest BCUT2D eigenvalue weighted by molar-refractivity contribution is -0.288. The van der Waals surface area contributed by atoms with Gasteiger partial charge in [-0.15, -0.1) is 0 Å². The lowest BCUT2D eigenvalue weighted by atomic mass is 9.73. The van der Waals surface area contributed by atoms with E-state index in [4.69, 9.17) is 20.3 Å². The molecule has 11 aromatic rings. The van der Waals surface area contributed by atoms with Gasteiger partial charge in [0.05, 0.1) is 67.3 Å². The number of carbonyl (C=O) groups is 8. The first kappa shape index (κ1) is 65.8. The molecule has 17 nitrogen and oxygen atoms in total. The number of para-hydroxylation sites is 1. The summed E-state index contributed by atoms with van der Waals surface area (Å²) in [5, 5.41) is 0. The number of rotatable bonds is 15. The number of ether oxygens (including phenoxy) is 2. The van der Waals surface area contributed by atoms with Gasteiger partial charge in [-0.2, -0.15) is 32.2 Å². The quantitative estimate of drug-likeness (QED) is 0.0438. The van der Waals surface area contributed by atoms with Crippen LogP contribution in [0.25, 0.3) is 33.4 Å². The van der Waals surface area contributed by atoms with Gasteiger partial charge in [-0.3, -0.25) is 38.4 Å². The second kappa shape index (κ2) is 24.9. The summed E-state index contributed by atoms with van der Waals surface area (Å²) in [4.78, 5) is 125. The van der Waals surface area contributed by atoms with Crippen molar-refractivity contribution in [1.29, 1.82) is 0 Å². The lowest BCUT2D eigenvalue weighted by Crippen LogP contribution is -2.54. The van der Waals surface area contributed by atoms with Crippen LogP contribution < -0.4 is 39.9 Å². The zero-order chi connectivity index (χ0) is 71.4. The first-order valence-corrected chi connectivity index (χ1v) is 32.2. The Morgan fingerprint density at radius 3 is 1.13 bits per heavy atom. The predicted octanol–water partition coefficient (Wildman–Crippen LogP) is 17.6. The van der Waals surface area contributed by atoms with E-state index in [-0.39, 0.29) is 105 Å². The molecule has 0 radical (unpaired) electrons. The molecule has 0 aliphatic carbocycles. The Morgan fingerprint density at radius 1 is 0.314 bits per heavy atom. The molecule has 4 aliphatic rings. The molecule has 11 aromatic carbocycles. The van der Waals surface area contributed by atoms with Crippen molar-refractivity contribution in [3.63, 3.8) is 0 Å². The van der Waals surface area contributed by atoms with Crippen molar-refractivity contribution in [2.45, 2.75) is 17.8 Å². The number of imide groups is 4. The maximum atomic E-state index is 15.4. The normalized spacial score (nSPS) is 14.2. The highest BCUT2D eigenvalue weighted by molar-refractivity contribution is 9.11. The van der Waals surface area contributed by atoms with Crippen LogP contribution in [0.2, 0.25) is 0 Å². The van der Waals surface area contributed by atoms with Crippen LogP contribution in [-0.2, 0) is 10.4 Å². The molecule has 15 rings (SSSR count). The average Bonchev–Trinajstić information content (AvgIpc) is 0.953. The van der Waals surface area contributed by atoms with E-state index in [1.54, 1.807) is 48.5 Å². The number of nitrogens with zero attached hydrogens (tertiary/aromatic N) is 4. The van der Waals surface area contributed by atoms with E-state index >= 15 is 26.3 Å². The highest BCUT2D eigenvalue weighted by atomic mass is 79.9. The third-order valence-electron chi connectivity index (χ3n) is 17.9. The van der Waals surface area contributed by atoms with Gasteiger partial charge < -0.3 is 14.4 Å². The molecular formula is C77H41Br2F6N5O12. The summed E-state index contributed by atoms with van der Waals surface area (Å²) in [7, 11) is 0. The number of hydrogen-bond acceptors (Lipinski definition) is 13. The smallest absolute Gasteiger partial charge is 0.411 e. The van der Waals surface area contributed by atoms with E-state index in [1.807, 2.05) is 36.4 Å². The minimum absolute atomic E-state index is 0.00550. The SMILES string of the molecule is NOOc1cc(Br)c(N2C(=O)c3ccc(-c4cccc5c4C(=O)N(c4ccc(Oc6ccc(C(c7ccc(Oc8ccc(N9C(=O)c%10cccc(-c%11ccc%12c(c%11)C(=O)N(c%11ccccc%11-c%11ccccc%11)C%12=O)c%10C9=O)cc8)cc7)(C(F)(F)F)C(F)(F)F)cc6)cc4)C5=O)cc3C2=O)c(Br)c1. The lowest BCUT2D eigenvalue weighted by Gasteiger charge is -2.38. The van der Waals surface area contributed by atoms with Crippen LogP contribution >= 0.6 is 31.9 Å². The minimum atomic E-state index is -5.97. The number of halogens is 8. The standard InChI is InChI=1S/C77H41Br2F6N5O12/c78-61-38-51(101-102-86)39-62(79)66(61)90-68(92)56-35-17-42(37-60(56)72(90)96)54-12-7-14-58-65(54)74(98)88(70(58)94)46-24-32-50(33-25-46)100-48-28-20-44(21-29-48)75(76(80,81)82,77(83,84)85)43-18-26-47(27-19-43)99-49-30-22-45(23-31-49)87-69(93)57-13-6-11-53(64(57)73(87)97)41-16-34-55-59(36-41)71(95)89(67(55)91)63-15-5-4-10-52(63)40-8-2-1-3-9-40/h1-39H,86H2. The van der Waals surface area contributed by atoms with E-state index in [2.05, 4.69) is 36.8 Å². The summed E-state index contributed by atoms with van der Waals surface area (Å²) < 4.78 is 105. The molecule has 0 bridgehead atoms. The number of anilines is 4. The number of nitrogens with two attached hydrogens (primary N) is 1. The Morgan fingerprint density at radius 2 is 0.686 bits per heavy atom. The summed E-state index contributed by atoms with van der Waals surface area (Å²) in [6.45, 7) is 0. The van der Waals surface area contributed by atoms with E-state index in [0.29, 0.717) is 52.2 Å². The Bertz CT molecular complexity index is 5410. The second-order valence-corrected chi connectivity index (χ2v) is 25.3. The largest absolute Gasteiger partial charge is 0.457 e. The number of hydrogen-bond donors (Lipinski definition) is 1. The van der Waals surface area contributed by atoms with Gasteiger partial charge in [-0.1, -0.05) is 114 Å². The minimum Gasteiger partial charge on any atom is -0.457 e. The van der Waals surface area contributed by atoms with Crippen molar-refractivity contribution >= 4 is 102 Å². The van der Waals surface area contributed by atoms with Crippen LogP contribution in [0.15, 0.2) is 246 Å². The van der Waals surface area contributed by atoms with Gasteiger partial charge in [-0.25, -0.2) is 19.6 Å². The molecule has 4 aliphatic heterocycles. The Hall–Kier alpha value is -12.2. The maximum Gasteiger partial charge on any atom is 0.411 e. The molecule has 102 heavy (non-hydrogen) atoms. The maximum absolute atomic E-state index is 15.4. The fraction of sp³-hybridized carbons (Fsp3) is 0.0390. The van der Waals surface area contributed by atoms with Gasteiger partial charge in [0.15, 0.2) is 5.75 Å². The first-order valence-electron chi connectivity index (χ1n) is 30.6. The number of amides is 8. The van der Waals surface area contributed by atoms with Gasteiger partial charge in [0.1, 0.15) is 23.0 Å². The molecule has 25 heteroatoms. The Labute approximate surface area is 589 Å². The van der Waals surface area contributed by atoms with E-state index in [1.165, 1.54) is 103 Å². The van der Waals surface area contributed by atoms with Crippen molar-refractivity contribution < 1.29 is 84.0 Å². The molecule has 0 saturated carbocycles. The monoisotopic (exact) mass is 1500 g/mol. The van der Waals surface area contributed by atoms with Crippen LogP contribution in [0.3, 0.4) is 0 Å². The van der Waals surface area contributed by atoms with Crippen LogP contribution in [0, 0.1) is 0 Å². The van der Waals surface area contributed by atoms with Gasteiger partial charge in [0.2, 0.25) is 5.41 Å². The number of alkyl halides is 6. The Balaban J connectivity index is 0.618. The molecular weight excluding hydrogens is 1460 g/mol. The summed E-state index contributed by atoms with van der Waals surface area (Å²) in [5.74, 6) is -0.439. The van der Waals surface area contributed by atoms with E-state index in [0.717, 1.165) is 49.4 Å². The first-order chi connectivity index (χ1) is 49.0. The van der Waals surface area contributed by atoms with Crippen LogP contribution in [0.5, 0.6) is 28.7 Å². The second-order valence-electron chi connectivity index (χ2n) is 23.5. The highest BCUT2D eigenvalue weighted by Crippen LogP contribution is 2.57. The molecule has 0 aromatic heterocycles. The van der Waals surface area contributed by atoms with Crippen LogP contribution in [0.4, 0.5) is 49.1 Å². The van der Waals surface area contributed by atoms with Crippen molar-refractivity contribution in [3.05, 3.63) is 301 Å². The molecule has 502 valence electrons. The molecule has 0 atom stereocenters. The van der Waals surface area contributed by atoms with Crippen LogP contribution in [0.1, 0.15) is 94.0 Å². The van der Waals surface area contributed by atoms with Crippen LogP contribution in [-0.4, -0.2) is 59.6 Å². The molecule has 0 saturated heterocycles. The number of fused-ring (bicyclic) bond motifs is 4. The molecule has 0 spiro atoms. The summed E-state index contributed by atoms with van der Waals surface area (Å²) in [6.07, 6.45) is -11.9. The van der Waals surface area contributed by atoms with Gasteiger partial charge in [0, 0.05) is 26.6 Å². The molecule has 4 heterocycles. The van der Waals surface area contributed by atoms with Gasteiger partial charge in [0.25, 0.3) is 47.3 Å². The predicted molar refractivity (Wildman–Crippen MR) is 367 cm³/mol. The Kier molecular flexibility index (Phi) is 16.1. The van der Waals surface area contributed by atoms with Crippen molar-refractivity contribution in [2.24, 2.45) is 5.90 Å². The van der Waals surface area contributed by atoms with Gasteiger partial charge in [-0.05, 0) is 186 Å². The fourth-order valence-electron chi connectivity index (χ4n) is 13.3. The van der Waals surface area contributed by atoms with Gasteiger partial charge >= 0.3 is 12.4 Å². The highest BCUT2D eigenvalue weighted by Gasteiger charge is 2.72. The zero-order valence-corrected chi connectivity index (χ0v) is 55.0. The zero-order valence-electron chi connectivity index (χ0n) is 51.8. The van der Waals surface area contributed by atoms with Crippen molar-refractivity contribution in [1.82, 2.24) is 0 Å². The van der Waals surface area contributed by atoms with E-state index < -0.39 is 76.2 Å². The number of carbonyl (C=O) groups excluding carboxylic acids is 8. The van der Waals surface area contributed by atoms with Crippen molar-refractivity contribution in [3.8, 4) is 62.1 Å². The number of benzene rings is 11. The summed E-state index contributed by atoms with van der Waals surface area (Å²) >= 11 is 6.72. The third kappa shape index (κ3) is 10.6. The third-order valence-corrected chi connectivity index (χ3v) is 19.1. The van der Waals surface area contributed by atoms with E-state index in [9.17, 15) is 38.4 Å². The topological polar surface area (TPSA) is 212 Å². The summed E-state index contributed by atoms with van der Waals surface area (Å²) in [6, 6.07) is 54.4. The fourth-order valence-corrected chi connectivity index (χ4v) is 14.8. The molecule has 0 unspecified atom stereocenters. The summed E-state index contributed by atoms with van der Waals surface area (Å²) in [5.41, 5.74) is -3.14. The average molecular weight is 1500 g/mol. The molecule has 8 amide bonds. The van der Waals surface area contributed by atoms with Crippen molar-refractivity contribution in [2.75, 3.05) is 19.6 Å². The molecule has 2 N–H and O–H groups in total. The molecule has 0 fully saturated rings.